The number of carbonyl (C=O) groups is 3. The maximum absolute atomic E-state index is 13.6. The van der Waals surface area contributed by atoms with Crippen molar-refractivity contribution in [3.63, 3.8) is 0 Å². The lowest BCUT2D eigenvalue weighted by molar-refractivity contribution is -0.141. The second-order valence-corrected chi connectivity index (χ2v) is 11.4. The zero-order chi connectivity index (χ0) is 33.4. The number of aromatic nitrogens is 4. The zero-order valence-electron chi connectivity index (χ0n) is 24.4. The lowest BCUT2D eigenvalue weighted by Gasteiger charge is -2.37. The minimum atomic E-state index is -5.09. The number of H-pyrrole nitrogens is 1. The van der Waals surface area contributed by atoms with Crippen LogP contribution in [-0.4, -0.2) is 92.7 Å². The topological polar surface area (TPSA) is 128 Å². The summed E-state index contributed by atoms with van der Waals surface area (Å²) in [7, 11) is 1.18. The van der Waals surface area contributed by atoms with Crippen LogP contribution in [0.3, 0.4) is 0 Å². The molecule has 3 aromatic rings. The molecule has 5 rings (SSSR count). The Morgan fingerprint density at radius 1 is 1.02 bits per heavy atom. The van der Waals surface area contributed by atoms with Crippen LogP contribution in [-0.2, 0) is 24.4 Å². The molecule has 0 radical (unpaired) electrons. The summed E-state index contributed by atoms with van der Waals surface area (Å²) in [4.78, 5) is 46.2. The van der Waals surface area contributed by atoms with Crippen LogP contribution in [0.25, 0.3) is 11.3 Å². The van der Waals surface area contributed by atoms with Gasteiger partial charge in [0, 0.05) is 44.8 Å². The third-order valence-electron chi connectivity index (χ3n) is 7.96. The molecule has 18 heteroatoms. The van der Waals surface area contributed by atoms with E-state index in [1.165, 1.54) is 25.2 Å². The molecule has 2 fully saturated rings. The Kier molecular flexibility index (Phi) is 9.35. The molecule has 0 aliphatic carbocycles. The molecule has 3 N–H and O–H groups in total. The van der Waals surface area contributed by atoms with Gasteiger partial charge in [-0.15, -0.1) is 0 Å². The van der Waals surface area contributed by atoms with Crippen LogP contribution in [0.5, 0.6) is 0 Å². The predicted octanol–water partition coefficient (Wildman–Crippen LogP) is 4.12. The fraction of sp³-hybridized carbons (Fsp3) is 0.464. The largest absolute Gasteiger partial charge is 0.435 e. The van der Waals surface area contributed by atoms with E-state index in [0.29, 0.717) is 26.2 Å². The van der Waals surface area contributed by atoms with Crippen molar-refractivity contribution in [3.05, 3.63) is 52.2 Å². The molecule has 248 valence electrons. The number of hydrogen-bond acceptors (Lipinski definition) is 6. The number of benzene rings is 1. The number of imidazole rings is 1. The van der Waals surface area contributed by atoms with Crippen molar-refractivity contribution in [3.8, 4) is 11.3 Å². The quantitative estimate of drug-likeness (QED) is 0.338. The van der Waals surface area contributed by atoms with Gasteiger partial charge < -0.3 is 25.0 Å². The van der Waals surface area contributed by atoms with Gasteiger partial charge in [0.1, 0.15) is 0 Å². The first-order valence-electron chi connectivity index (χ1n) is 14.3. The number of piperidine rings is 1. The SMILES string of the molecule is Cn1c(-c2c(C(F)(F)F)n[nH]c2CC(F)(F)F)cnc1C(=O)Nc1ccc(C(=O)N2CCN(C(=O)C3CCNCC3)CC2)c(Cl)c1. The molecule has 0 bridgehead atoms. The van der Waals surface area contributed by atoms with Gasteiger partial charge in [0.15, 0.2) is 11.5 Å². The normalized spacial score (nSPS) is 16.5. The fourth-order valence-corrected chi connectivity index (χ4v) is 5.88. The summed E-state index contributed by atoms with van der Waals surface area (Å²) in [5.41, 5.74) is -3.41. The maximum Gasteiger partial charge on any atom is 0.435 e. The molecule has 11 nitrogen and oxygen atoms in total. The highest BCUT2D eigenvalue weighted by atomic mass is 35.5. The number of halogens is 7. The van der Waals surface area contributed by atoms with Crippen molar-refractivity contribution in [2.75, 3.05) is 44.6 Å². The number of piperazine rings is 1. The number of amides is 3. The molecule has 2 aliphatic rings. The Morgan fingerprint density at radius 2 is 1.67 bits per heavy atom. The van der Waals surface area contributed by atoms with Gasteiger partial charge in [0.2, 0.25) is 5.91 Å². The van der Waals surface area contributed by atoms with E-state index in [9.17, 15) is 40.7 Å². The molecule has 2 aliphatic heterocycles. The van der Waals surface area contributed by atoms with Crippen LogP contribution < -0.4 is 10.6 Å². The minimum Gasteiger partial charge on any atom is -0.339 e. The molecular formula is C28H29ClF6N8O3. The van der Waals surface area contributed by atoms with Crippen LogP contribution in [0.4, 0.5) is 32.0 Å². The number of nitrogens with one attached hydrogen (secondary N) is 3. The number of carbonyl (C=O) groups excluding carboxylic acids is 3. The van der Waals surface area contributed by atoms with Gasteiger partial charge in [-0.3, -0.25) is 19.5 Å². The molecule has 0 atom stereocenters. The van der Waals surface area contributed by atoms with Crippen LogP contribution in [0, 0.1) is 5.92 Å². The number of aromatic amines is 1. The summed E-state index contributed by atoms with van der Waals surface area (Å²) in [5, 5.41) is 10.6. The van der Waals surface area contributed by atoms with E-state index in [-0.39, 0.29) is 34.0 Å². The average Bonchev–Trinajstić information content (AvgIpc) is 3.59. The molecule has 2 aromatic heterocycles. The van der Waals surface area contributed by atoms with E-state index < -0.39 is 53.2 Å². The van der Waals surface area contributed by atoms with Gasteiger partial charge >= 0.3 is 12.4 Å². The van der Waals surface area contributed by atoms with Gasteiger partial charge in [-0.25, -0.2) is 4.98 Å². The summed E-state index contributed by atoms with van der Waals surface area (Å²) in [6.07, 6.45) is -9.22. The molecule has 0 unspecified atom stereocenters. The third kappa shape index (κ3) is 7.14. The Bertz CT molecular complexity index is 1620. The Morgan fingerprint density at radius 3 is 2.28 bits per heavy atom. The van der Waals surface area contributed by atoms with Gasteiger partial charge in [0.05, 0.1) is 40.2 Å². The lowest BCUT2D eigenvalue weighted by atomic mass is 9.96. The summed E-state index contributed by atoms with van der Waals surface area (Å²) < 4.78 is 81.0. The van der Waals surface area contributed by atoms with Crippen molar-refractivity contribution in [2.45, 2.75) is 31.6 Å². The highest BCUT2D eigenvalue weighted by Crippen LogP contribution is 2.39. The van der Waals surface area contributed by atoms with Crippen molar-refractivity contribution in [1.82, 2.24) is 34.9 Å². The van der Waals surface area contributed by atoms with Gasteiger partial charge in [0.25, 0.3) is 11.8 Å². The monoisotopic (exact) mass is 674 g/mol. The fourth-order valence-electron chi connectivity index (χ4n) is 5.62. The smallest absolute Gasteiger partial charge is 0.339 e. The molecule has 1 aromatic carbocycles. The lowest BCUT2D eigenvalue weighted by Crippen LogP contribution is -2.52. The van der Waals surface area contributed by atoms with Crippen molar-refractivity contribution < 1.29 is 40.7 Å². The van der Waals surface area contributed by atoms with Crippen molar-refractivity contribution in [2.24, 2.45) is 13.0 Å². The van der Waals surface area contributed by atoms with E-state index in [4.69, 9.17) is 11.6 Å². The van der Waals surface area contributed by atoms with Crippen molar-refractivity contribution >= 4 is 35.0 Å². The summed E-state index contributed by atoms with van der Waals surface area (Å²) in [6, 6.07) is 4.12. The highest BCUT2D eigenvalue weighted by Gasteiger charge is 2.42. The number of nitrogens with zero attached hydrogens (tertiary/aromatic N) is 5. The zero-order valence-corrected chi connectivity index (χ0v) is 25.1. The standard InChI is InChI=1S/C28H29ClF6N8O3/c1-41-20(21-19(13-27(30,31)32)39-40-22(21)28(33,34)35)14-37-23(41)24(44)38-16-2-3-17(18(29)12-16)26(46)43-10-8-42(9-11-43)25(45)15-4-6-36-7-5-15/h2-3,12,14-15,36H,4-11,13H2,1H3,(H,38,44)(H,39,40). The van der Waals surface area contributed by atoms with E-state index in [2.05, 4.69) is 20.7 Å². The average molecular weight is 675 g/mol. The van der Waals surface area contributed by atoms with Crippen molar-refractivity contribution in [1.29, 1.82) is 0 Å². The van der Waals surface area contributed by atoms with Crippen LogP contribution in [0.2, 0.25) is 5.02 Å². The molecule has 3 amide bonds. The number of alkyl halides is 6. The molecule has 0 spiro atoms. The Balaban J connectivity index is 1.26. The molecule has 46 heavy (non-hydrogen) atoms. The molecule has 2 saturated heterocycles. The van der Waals surface area contributed by atoms with Gasteiger partial charge in [-0.2, -0.15) is 31.4 Å². The van der Waals surface area contributed by atoms with E-state index in [0.717, 1.165) is 36.7 Å². The summed E-state index contributed by atoms with van der Waals surface area (Å²) >= 11 is 6.39. The van der Waals surface area contributed by atoms with E-state index in [1.54, 1.807) is 9.80 Å². The van der Waals surface area contributed by atoms with E-state index >= 15 is 0 Å². The highest BCUT2D eigenvalue weighted by molar-refractivity contribution is 6.34. The van der Waals surface area contributed by atoms with Crippen LogP contribution in [0.1, 0.15) is 45.2 Å². The Hall–Kier alpha value is -4.12. The number of anilines is 1. The third-order valence-corrected chi connectivity index (χ3v) is 8.27. The summed E-state index contributed by atoms with van der Waals surface area (Å²) in [6.45, 7) is 3.03. The molecular weight excluding hydrogens is 646 g/mol. The van der Waals surface area contributed by atoms with E-state index in [1.807, 2.05) is 5.10 Å². The first-order valence-corrected chi connectivity index (χ1v) is 14.6. The first kappa shape index (κ1) is 33.2. The minimum absolute atomic E-state index is 0.0153. The second kappa shape index (κ2) is 12.9. The Labute approximate surface area is 263 Å². The predicted molar refractivity (Wildman–Crippen MR) is 153 cm³/mol. The number of rotatable bonds is 6. The van der Waals surface area contributed by atoms with Crippen LogP contribution in [0.15, 0.2) is 24.4 Å². The van der Waals surface area contributed by atoms with Crippen LogP contribution >= 0.6 is 11.6 Å². The number of hydrogen-bond donors (Lipinski definition) is 3. The molecule has 0 saturated carbocycles. The first-order chi connectivity index (χ1) is 21.6. The van der Waals surface area contributed by atoms with Gasteiger partial charge in [-0.05, 0) is 44.1 Å². The maximum atomic E-state index is 13.6. The second-order valence-electron chi connectivity index (χ2n) is 11.0. The molecule has 4 heterocycles. The summed E-state index contributed by atoms with van der Waals surface area (Å²) in [5.74, 6) is -1.59. The van der Waals surface area contributed by atoms with Gasteiger partial charge in [-0.1, -0.05) is 11.6 Å².